The average Bonchev–Trinajstić information content (AvgIpc) is 3.31. The van der Waals surface area contributed by atoms with Crippen LogP contribution in [0.2, 0.25) is 0 Å². The molecule has 3 amide bonds. The first-order chi connectivity index (χ1) is 14.9. The van der Waals surface area contributed by atoms with Crippen molar-refractivity contribution in [1.82, 2.24) is 9.80 Å². The molecule has 2 aromatic rings. The lowest BCUT2D eigenvalue weighted by atomic mass is 9.72. The molecule has 7 heteroatoms. The predicted octanol–water partition coefficient (Wildman–Crippen LogP) is 2.73. The van der Waals surface area contributed by atoms with E-state index in [0.717, 1.165) is 16.8 Å². The quantitative estimate of drug-likeness (QED) is 0.805. The van der Waals surface area contributed by atoms with E-state index in [9.17, 15) is 14.4 Å². The summed E-state index contributed by atoms with van der Waals surface area (Å²) in [4.78, 5) is 41.9. The van der Waals surface area contributed by atoms with Gasteiger partial charge in [0.15, 0.2) is 0 Å². The summed E-state index contributed by atoms with van der Waals surface area (Å²) in [6.45, 7) is 0.443. The Hall–Kier alpha value is -3.35. The van der Waals surface area contributed by atoms with Crippen LogP contribution < -0.4 is 10.1 Å². The van der Waals surface area contributed by atoms with Gasteiger partial charge in [-0.3, -0.25) is 14.4 Å². The maximum atomic E-state index is 13.4. The Balaban J connectivity index is 1.76. The Morgan fingerprint density at radius 1 is 1.16 bits per heavy atom. The normalized spacial score (nSPS) is 21.7. The first-order valence-corrected chi connectivity index (χ1v) is 10.4. The summed E-state index contributed by atoms with van der Waals surface area (Å²) in [6.07, 6.45) is 0.769. The summed E-state index contributed by atoms with van der Waals surface area (Å²) in [5.74, 6) is 0.351. The Kier molecular flexibility index (Phi) is 5.43. The summed E-state index contributed by atoms with van der Waals surface area (Å²) < 4.78 is 5.41. The van der Waals surface area contributed by atoms with Crippen molar-refractivity contribution in [3.05, 3.63) is 59.7 Å². The van der Waals surface area contributed by atoms with Gasteiger partial charge in [-0.05, 0) is 35.7 Å². The fraction of sp³-hybridized carbons (Fsp3) is 0.375. The molecule has 0 saturated carbocycles. The van der Waals surface area contributed by atoms with Gasteiger partial charge >= 0.3 is 0 Å². The van der Waals surface area contributed by atoms with Gasteiger partial charge in [0.1, 0.15) is 11.2 Å². The van der Waals surface area contributed by atoms with Gasteiger partial charge < -0.3 is 19.9 Å². The van der Waals surface area contributed by atoms with Gasteiger partial charge in [0.05, 0.1) is 13.2 Å². The fourth-order valence-corrected chi connectivity index (χ4v) is 4.81. The molecule has 1 spiro atoms. The van der Waals surface area contributed by atoms with E-state index in [1.165, 1.54) is 4.90 Å². The van der Waals surface area contributed by atoms with Crippen molar-refractivity contribution in [1.29, 1.82) is 0 Å². The standard InChI is InChI=1S/C24H27N3O4/c1-26(2)20(28)11-12-21(29)27-14-13-24(18-9-4-5-10-19(18)25-23(24)30)22(27)16-7-6-8-17(15-16)31-3/h4-10,15,22H,11-14H2,1-3H3,(H,25,30)/t22-,24+/m0/s1. The first-order valence-electron chi connectivity index (χ1n) is 10.4. The first kappa shape index (κ1) is 20.9. The number of rotatable bonds is 5. The third-order valence-electron chi connectivity index (χ3n) is 6.37. The highest BCUT2D eigenvalue weighted by Gasteiger charge is 2.59. The second-order valence-electron chi connectivity index (χ2n) is 8.28. The number of ether oxygens (including phenoxy) is 1. The predicted molar refractivity (Wildman–Crippen MR) is 117 cm³/mol. The number of para-hydroxylation sites is 1. The molecule has 2 heterocycles. The van der Waals surface area contributed by atoms with Crippen LogP contribution in [-0.2, 0) is 19.8 Å². The molecule has 162 valence electrons. The van der Waals surface area contributed by atoms with Crippen LogP contribution >= 0.6 is 0 Å². The van der Waals surface area contributed by atoms with Crippen molar-refractivity contribution in [3.8, 4) is 5.75 Å². The number of anilines is 1. The molecular weight excluding hydrogens is 394 g/mol. The highest BCUT2D eigenvalue weighted by Crippen LogP contribution is 2.55. The molecule has 7 nitrogen and oxygen atoms in total. The van der Waals surface area contributed by atoms with Crippen molar-refractivity contribution in [2.24, 2.45) is 0 Å². The number of hydrogen-bond donors (Lipinski definition) is 1. The molecule has 0 aliphatic carbocycles. The van der Waals surface area contributed by atoms with E-state index < -0.39 is 11.5 Å². The van der Waals surface area contributed by atoms with Crippen molar-refractivity contribution in [2.75, 3.05) is 33.1 Å². The maximum absolute atomic E-state index is 13.4. The lowest BCUT2D eigenvalue weighted by Crippen LogP contribution is -2.42. The molecule has 4 rings (SSSR count). The molecule has 2 aliphatic heterocycles. The number of methoxy groups -OCH3 is 1. The van der Waals surface area contributed by atoms with Crippen LogP contribution in [0.15, 0.2) is 48.5 Å². The minimum atomic E-state index is -0.871. The number of carbonyl (C=O) groups is 3. The number of fused-ring (bicyclic) bond motifs is 2. The third kappa shape index (κ3) is 3.44. The molecule has 0 aromatic heterocycles. The fourth-order valence-electron chi connectivity index (χ4n) is 4.81. The molecular formula is C24H27N3O4. The van der Waals surface area contributed by atoms with E-state index in [4.69, 9.17) is 4.74 Å². The number of likely N-dealkylation sites (tertiary alicyclic amines) is 1. The highest BCUT2D eigenvalue weighted by atomic mass is 16.5. The van der Waals surface area contributed by atoms with Crippen LogP contribution in [0.25, 0.3) is 0 Å². The second kappa shape index (κ2) is 8.06. The van der Waals surface area contributed by atoms with Gasteiger partial charge in [0, 0.05) is 39.2 Å². The summed E-state index contributed by atoms with van der Waals surface area (Å²) in [7, 11) is 4.95. The number of nitrogens with one attached hydrogen (secondary N) is 1. The van der Waals surface area contributed by atoms with Gasteiger partial charge in [-0.1, -0.05) is 30.3 Å². The molecule has 1 fully saturated rings. The zero-order chi connectivity index (χ0) is 22.2. The Morgan fingerprint density at radius 2 is 1.94 bits per heavy atom. The summed E-state index contributed by atoms with van der Waals surface area (Å²) in [5, 5.41) is 3.01. The van der Waals surface area contributed by atoms with Crippen LogP contribution in [-0.4, -0.2) is 55.3 Å². The summed E-state index contributed by atoms with van der Waals surface area (Å²) in [5.41, 5.74) is 1.67. The van der Waals surface area contributed by atoms with Gasteiger partial charge in [0.25, 0.3) is 0 Å². The number of hydrogen-bond acceptors (Lipinski definition) is 4. The number of benzene rings is 2. The maximum Gasteiger partial charge on any atom is 0.237 e. The molecule has 1 saturated heterocycles. The van der Waals surface area contributed by atoms with E-state index in [0.29, 0.717) is 18.7 Å². The lowest BCUT2D eigenvalue weighted by molar-refractivity contribution is -0.137. The van der Waals surface area contributed by atoms with E-state index in [-0.39, 0.29) is 30.6 Å². The molecule has 2 aromatic carbocycles. The van der Waals surface area contributed by atoms with Gasteiger partial charge in [0.2, 0.25) is 17.7 Å². The van der Waals surface area contributed by atoms with Crippen LogP contribution in [0, 0.1) is 0 Å². The lowest BCUT2D eigenvalue weighted by Gasteiger charge is -2.34. The van der Waals surface area contributed by atoms with E-state index in [1.54, 1.807) is 26.1 Å². The topological polar surface area (TPSA) is 79.0 Å². The molecule has 0 radical (unpaired) electrons. The van der Waals surface area contributed by atoms with Crippen molar-refractivity contribution < 1.29 is 19.1 Å². The highest BCUT2D eigenvalue weighted by molar-refractivity contribution is 6.07. The average molecular weight is 421 g/mol. The minimum absolute atomic E-state index is 0.0934. The number of nitrogens with zero attached hydrogens (tertiary/aromatic N) is 2. The third-order valence-corrected chi connectivity index (χ3v) is 6.37. The van der Waals surface area contributed by atoms with Crippen molar-refractivity contribution >= 4 is 23.4 Å². The number of amides is 3. The molecule has 1 N–H and O–H groups in total. The van der Waals surface area contributed by atoms with Crippen LogP contribution in [0.5, 0.6) is 5.75 Å². The summed E-state index contributed by atoms with van der Waals surface area (Å²) >= 11 is 0. The smallest absolute Gasteiger partial charge is 0.237 e. The summed E-state index contributed by atoms with van der Waals surface area (Å²) in [6, 6.07) is 14.7. The molecule has 31 heavy (non-hydrogen) atoms. The van der Waals surface area contributed by atoms with Crippen LogP contribution in [0.3, 0.4) is 0 Å². The largest absolute Gasteiger partial charge is 0.497 e. The zero-order valence-electron chi connectivity index (χ0n) is 18.1. The van der Waals surface area contributed by atoms with Crippen molar-refractivity contribution in [3.63, 3.8) is 0 Å². The molecule has 0 unspecified atom stereocenters. The van der Waals surface area contributed by atoms with Gasteiger partial charge in [-0.15, -0.1) is 0 Å². The van der Waals surface area contributed by atoms with E-state index >= 15 is 0 Å². The molecule has 2 aliphatic rings. The van der Waals surface area contributed by atoms with Gasteiger partial charge in [-0.25, -0.2) is 0 Å². The monoisotopic (exact) mass is 421 g/mol. The Morgan fingerprint density at radius 3 is 2.68 bits per heavy atom. The molecule has 2 atom stereocenters. The SMILES string of the molecule is COc1cccc([C@@H]2N(C(=O)CCC(=O)N(C)C)CC[C@]23C(=O)Nc2ccccc23)c1. The second-order valence-corrected chi connectivity index (χ2v) is 8.28. The Bertz CT molecular complexity index is 1030. The van der Waals surface area contributed by atoms with Crippen LogP contribution in [0.4, 0.5) is 5.69 Å². The zero-order valence-corrected chi connectivity index (χ0v) is 18.1. The Labute approximate surface area is 182 Å². The van der Waals surface area contributed by atoms with Gasteiger partial charge in [-0.2, -0.15) is 0 Å². The minimum Gasteiger partial charge on any atom is -0.497 e. The number of carbonyl (C=O) groups excluding carboxylic acids is 3. The van der Waals surface area contributed by atoms with E-state index in [1.807, 2.05) is 48.5 Å². The van der Waals surface area contributed by atoms with Crippen molar-refractivity contribution in [2.45, 2.75) is 30.7 Å². The molecule has 0 bridgehead atoms. The van der Waals surface area contributed by atoms with Crippen LogP contribution in [0.1, 0.15) is 36.4 Å². The van der Waals surface area contributed by atoms with E-state index in [2.05, 4.69) is 5.32 Å².